The third-order valence-corrected chi connectivity index (χ3v) is 4.79. The number of benzene rings is 1. The maximum atomic E-state index is 14.2. The fourth-order valence-electron chi connectivity index (χ4n) is 2.47. The van der Waals surface area contributed by atoms with Gasteiger partial charge in [-0.3, -0.25) is 4.57 Å². The van der Waals surface area contributed by atoms with Gasteiger partial charge in [0.25, 0.3) is 0 Å². The van der Waals surface area contributed by atoms with Gasteiger partial charge in [0.2, 0.25) is 0 Å². The predicted molar refractivity (Wildman–Crippen MR) is 83.7 cm³/mol. The van der Waals surface area contributed by atoms with Gasteiger partial charge in [0, 0.05) is 18.8 Å². The lowest BCUT2D eigenvalue weighted by Crippen LogP contribution is -2.11. The van der Waals surface area contributed by atoms with Gasteiger partial charge < -0.3 is 10.5 Å². The number of hydrogen-bond acceptors (Lipinski definition) is 5. The smallest absolute Gasteiger partial charge is 0.195 e. The molecular weight excluding hydrogens is 303 g/mol. The topological polar surface area (TPSA) is 66.0 Å². The third-order valence-electron chi connectivity index (χ3n) is 3.63. The largest absolute Gasteiger partial charge is 0.381 e. The second-order valence-corrected chi connectivity index (χ2v) is 6.25. The van der Waals surface area contributed by atoms with Crippen LogP contribution in [0.2, 0.25) is 0 Å². The van der Waals surface area contributed by atoms with Crippen molar-refractivity contribution in [3.8, 4) is 5.69 Å². The quantitative estimate of drug-likeness (QED) is 0.825. The molecule has 1 saturated heterocycles. The Balaban J connectivity index is 1.87. The van der Waals surface area contributed by atoms with Gasteiger partial charge in [0.15, 0.2) is 5.16 Å². The Morgan fingerprint density at radius 1 is 1.36 bits per heavy atom. The standard InChI is InChI=1S/C15H19FN4OS/c16-12-3-1-2-4-13(12)20-14(5-7-17)18-19-15(20)22-10-11-6-8-21-9-11/h1-4,11H,5-10,17H2. The first-order chi connectivity index (χ1) is 10.8. The molecule has 22 heavy (non-hydrogen) atoms. The Bertz CT molecular complexity index is 628. The lowest BCUT2D eigenvalue weighted by Gasteiger charge is -2.12. The molecule has 1 fully saturated rings. The van der Waals surface area contributed by atoms with Crippen LogP contribution in [-0.2, 0) is 11.2 Å². The van der Waals surface area contributed by atoms with Crippen LogP contribution in [0.4, 0.5) is 4.39 Å². The molecule has 1 aliphatic heterocycles. The van der Waals surface area contributed by atoms with Crippen molar-refractivity contribution in [3.63, 3.8) is 0 Å². The average molecular weight is 322 g/mol. The van der Waals surface area contributed by atoms with E-state index < -0.39 is 0 Å². The number of nitrogens with two attached hydrogens (primary N) is 1. The van der Waals surface area contributed by atoms with Crippen molar-refractivity contribution in [1.82, 2.24) is 14.8 Å². The number of rotatable bonds is 6. The maximum absolute atomic E-state index is 14.2. The number of thioether (sulfide) groups is 1. The van der Waals surface area contributed by atoms with E-state index in [2.05, 4.69) is 10.2 Å². The average Bonchev–Trinajstić information content (AvgIpc) is 3.16. The van der Waals surface area contributed by atoms with E-state index in [1.54, 1.807) is 28.5 Å². The van der Waals surface area contributed by atoms with Crippen LogP contribution in [0.5, 0.6) is 0 Å². The summed E-state index contributed by atoms with van der Waals surface area (Å²) in [7, 11) is 0. The van der Waals surface area contributed by atoms with Crippen molar-refractivity contribution >= 4 is 11.8 Å². The van der Waals surface area contributed by atoms with E-state index in [1.165, 1.54) is 6.07 Å². The summed E-state index contributed by atoms with van der Waals surface area (Å²) >= 11 is 1.60. The minimum atomic E-state index is -0.286. The molecule has 7 heteroatoms. The van der Waals surface area contributed by atoms with Gasteiger partial charge in [-0.2, -0.15) is 0 Å². The molecule has 0 bridgehead atoms. The van der Waals surface area contributed by atoms with Crippen LogP contribution >= 0.6 is 11.8 Å². The molecule has 1 aromatic heterocycles. The van der Waals surface area contributed by atoms with E-state index in [1.807, 2.05) is 6.07 Å². The van der Waals surface area contributed by atoms with Gasteiger partial charge in [-0.1, -0.05) is 23.9 Å². The van der Waals surface area contributed by atoms with Crippen molar-refractivity contribution in [1.29, 1.82) is 0 Å². The normalized spacial score (nSPS) is 18.0. The van der Waals surface area contributed by atoms with Gasteiger partial charge in [-0.25, -0.2) is 4.39 Å². The second-order valence-electron chi connectivity index (χ2n) is 5.26. The molecule has 3 rings (SSSR count). The molecule has 5 nitrogen and oxygen atoms in total. The molecule has 2 heterocycles. The van der Waals surface area contributed by atoms with Crippen LogP contribution in [-0.4, -0.2) is 40.3 Å². The lowest BCUT2D eigenvalue weighted by atomic mass is 10.2. The number of para-hydroxylation sites is 1. The summed E-state index contributed by atoms with van der Waals surface area (Å²) in [6.07, 6.45) is 1.63. The minimum Gasteiger partial charge on any atom is -0.381 e. The van der Waals surface area contributed by atoms with Crippen LogP contribution in [0, 0.1) is 11.7 Å². The van der Waals surface area contributed by atoms with Crippen molar-refractivity contribution < 1.29 is 9.13 Å². The Kier molecular flexibility index (Phi) is 5.07. The highest BCUT2D eigenvalue weighted by Gasteiger charge is 2.20. The molecule has 1 atom stereocenters. The van der Waals surface area contributed by atoms with E-state index in [4.69, 9.17) is 10.5 Å². The van der Waals surface area contributed by atoms with Crippen LogP contribution in [0.15, 0.2) is 29.4 Å². The number of halogens is 1. The summed E-state index contributed by atoms with van der Waals surface area (Å²) in [6, 6.07) is 6.67. The lowest BCUT2D eigenvalue weighted by molar-refractivity contribution is 0.189. The molecule has 0 saturated carbocycles. The Morgan fingerprint density at radius 2 is 2.23 bits per heavy atom. The highest BCUT2D eigenvalue weighted by Crippen LogP contribution is 2.27. The van der Waals surface area contributed by atoms with Gasteiger partial charge in [-0.15, -0.1) is 10.2 Å². The zero-order valence-electron chi connectivity index (χ0n) is 12.2. The van der Waals surface area contributed by atoms with E-state index in [0.717, 1.165) is 25.4 Å². The summed E-state index contributed by atoms with van der Waals surface area (Å²) < 4.78 is 21.3. The first-order valence-electron chi connectivity index (χ1n) is 7.39. The third kappa shape index (κ3) is 3.31. The van der Waals surface area contributed by atoms with Gasteiger partial charge in [0.05, 0.1) is 12.3 Å². The van der Waals surface area contributed by atoms with Crippen molar-refractivity contribution in [2.45, 2.75) is 18.0 Å². The fraction of sp³-hybridized carbons (Fsp3) is 0.467. The second kappa shape index (κ2) is 7.21. The van der Waals surface area contributed by atoms with Crippen molar-refractivity contribution in [2.75, 3.05) is 25.5 Å². The molecule has 0 amide bonds. The predicted octanol–water partition coefficient (Wildman–Crippen LogP) is 2.04. The Morgan fingerprint density at radius 3 is 2.95 bits per heavy atom. The van der Waals surface area contributed by atoms with Crippen LogP contribution in [0.1, 0.15) is 12.2 Å². The first kappa shape index (κ1) is 15.5. The summed E-state index contributed by atoms with van der Waals surface area (Å²) in [6.45, 7) is 2.06. The fourth-order valence-corrected chi connectivity index (χ4v) is 3.55. The minimum absolute atomic E-state index is 0.286. The molecule has 118 valence electrons. The molecule has 0 radical (unpaired) electrons. The number of ether oxygens (including phenoxy) is 1. The van der Waals surface area contributed by atoms with Crippen molar-refractivity contribution in [2.24, 2.45) is 11.7 Å². The Labute approximate surface area is 133 Å². The SMILES string of the molecule is NCCc1nnc(SCC2CCOC2)n1-c1ccccc1F. The summed E-state index contributed by atoms with van der Waals surface area (Å²) in [4.78, 5) is 0. The van der Waals surface area contributed by atoms with Gasteiger partial charge in [-0.05, 0) is 31.0 Å². The first-order valence-corrected chi connectivity index (χ1v) is 8.38. The summed E-state index contributed by atoms with van der Waals surface area (Å²) in [5.41, 5.74) is 6.10. The molecule has 0 aliphatic carbocycles. The molecule has 1 unspecified atom stereocenters. The zero-order chi connectivity index (χ0) is 15.4. The van der Waals surface area contributed by atoms with Crippen LogP contribution in [0.3, 0.4) is 0 Å². The summed E-state index contributed by atoms with van der Waals surface area (Å²) in [5.74, 6) is 1.83. The van der Waals surface area contributed by atoms with Gasteiger partial charge in [0.1, 0.15) is 11.6 Å². The molecule has 0 spiro atoms. The highest BCUT2D eigenvalue weighted by atomic mass is 32.2. The monoisotopic (exact) mass is 322 g/mol. The molecule has 2 aromatic rings. The highest BCUT2D eigenvalue weighted by molar-refractivity contribution is 7.99. The van der Waals surface area contributed by atoms with Crippen LogP contribution < -0.4 is 5.73 Å². The maximum Gasteiger partial charge on any atom is 0.195 e. The van der Waals surface area contributed by atoms with E-state index in [-0.39, 0.29) is 5.82 Å². The Hall–Kier alpha value is -1.44. The number of aromatic nitrogens is 3. The van der Waals surface area contributed by atoms with Crippen molar-refractivity contribution in [3.05, 3.63) is 35.9 Å². The zero-order valence-corrected chi connectivity index (χ0v) is 13.1. The molecular formula is C15H19FN4OS. The molecule has 1 aliphatic rings. The number of nitrogens with zero attached hydrogens (tertiary/aromatic N) is 3. The molecule has 2 N–H and O–H groups in total. The summed E-state index contributed by atoms with van der Waals surface area (Å²) in [5, 5.41) is 9.12. The van der Waals surface area contributed by atoms with E-state index in [0.29, 0.717) is 35.6 Å². The van der Waals surface area contributed by atoms with Gasteiger partial charge >= 0.3 is 0 Å². The van der Waals surface area contributed by atoms with E-state index in [9.17, 15) is 4.39 Å². The number of hydrogen-bond donors (Lipinski definition) is 1. The molecule has 1 aromatic carbocycles. The van der Waals surface area contributed by atoms with E-state index >= 15 is 0 Å². The van der Waals surface area contributed by atoms with Crippen LogP contribution in [0.25, 0.3) is 5.69 Å².